The second-order valence-corrected chi connectivity index (χ2v) is 7.66. The van der Waals surface area contributed by atoms with E-state index in [1.807, 2.05) is 26.0 Å². The molecule has 31 heavy (non-hydrogen) atoms. The molecule has 0 saturated carbocycles. The first-order chi connectivity index (χ1) is 14.8. The van der Waals surface area contributed by atoms with Crippen molar-refractivity contribution in [3.63, 3.8) is 0 Å². The van der Waals surface area contributed by atoms with Gasteiger partial charge in [0.25, 0.3) is 11.8 Å². The minimum Gasteiger partial charge on any atom is -0.350 e. The van der Waals surface area contributed by atoms with Crippen LogP contribution in [0, 0.1) is 25.5 Å². The highest BCUT2D eigenvalue weighted by Gasteiger charge is 2.40. The summed E-state index contributed by atoms with van der Waals surface area (Å²) < 4.78 is 27.2. The quantitative estimate of drug-likeness (QED) is 0.537. The Labute approximate surface area is 182 Å². The summed E-state index contributed by atoms with van der Waals surface area (Å²) in [4.78, 5) is 27.4. The van der Waals surface area contributed by atoms with E-state index in [1.165, 1.54) is 6.07 Å². The molecule has 0 atom stereocenters. The summed E-state index contributed by atoms with van der Waals surface area (Å²) in [7, 11) is 0. The molecule has 0 fully saturated rings. The van der Waals surface area contributed by atoms with Crippen LogP contribution in [0.1, 0.15) is 16.7 Å². The van der Waals surface area contributed by atoms with Crippen LogP contribution in [0.4, 0.5) is 20.2 Å². The molecule has 0 aliphatic carbocycles. The van der Waals surface area contributed by atoms with Gasteiger partial charge in [0.15, 0.2) is 11.6 Å². The maximum Gasteiger partial charge on any atom is 0.282 e. The Morgan fingerprint density at radius 2 is 1.52 bits per heavy atom. The van der Waals surface area contributed by atoms with E-state index in [9.17, 15) is 18.4 Å². The zero-order chi connectivity index (χ0) is 22.3. The van der Waals surface area contributed by atoms with Crippen molar-refractivity contribution in [1.29, 1.82) is 0 Å². The van der Waals surface area contributed by atoms with E-state index in [2.05, 4.69) is 5.32 Å². The SMILES string of the molecule is Cc1ccc(NC2=C(c3ccc(Cl)cc3)C(=O)N(c3ccc(F)c(F)c3)C2=O)cc1C. The molecule has 7 heteroatoms. The lowest BCUT2D eigenvalue weighted by atomic mass is 10.0. The molecule has 0 saturated heterocycles. The highest BCUT2D eigenvalue weighted by Crippen LogP contribution is 2.34. The number of imide groups is 1. The highest BCUT2D eigenvalue weighted by atomic mass is 35.5. The van der Waals surface area contributed by atoms with Crippen LogP contribution in [0.25, 0.3) is 5.57 Å². The predicted octanol–water partition coefficient (Wildman–Crippen LogP) is 5.63. The third-order valence-corrected chi connectivity index (χ3v) is 5.41. The first kappa shape index (κ1) is 20.8. The number of anilines is 2. The summed E-state index contributed by atoms with van der Waals surface area (Å²) in [5.74, 6) is -3.53. The smallest absolute Gasteiger partial charge is 0.282 e. The average molecular weight is 439 g/mol. The van der Waals surface area contributed by atoms with Crippen LogP contribution >= 0.6 is 11.6 Å². The molecule has 0 bridgehead atoms. The number of carbonyl (C=O) groups is 2. The largest absolute Gasteiger partial charge is 0.350 e. The number of halogens is 3. The molecule has 4 rings (SSSR count). The summed E-state index contributed by atoms with van der Waals surface area (Å²) in [6.07, 6.45) is 0. The van der Waals surface area contributed by atoms with Crippen molar-refractivity contribution in [2.45, 2.75) is 13.8 Å². The molecular formula is C24H17ClF2N2O2. The summed E-state index contributed by atoms with van der Waals surface area (Å²) in [6, 6.07) is 14.9. The standard InChI is InChI=1S/C24H17ClF2N2O2/c1-13-3-8-17(11-14(13)2)28-22-21(15-4-6-16(25)7-5-15)23(30)29(24(22)31)18-9-10-19(26)20(27)12-18/h3-12,28H,1-2H3. The summed E-state index contributed by atoms with van der Waals surface area (Å²) in [5.41, 5.74) is 3.28. The lowest BCUT2D eigenvalue weighted by Crippen LogP contribution is -2.32. The summed E-state index contributed by atoms with van der Waals surface area (Å²) in [5, 5.41) is 3.52. The van der Waals surface area contributed by atoms with E-state index in [1.54, 1.807) is 30.3 Å². The van der Waals surface area contributed by atoms with Crippen molar-refractivity contribution >= 4 is 40.4 Å². The molecule has 1 aliphatic rings. The fraction of sp³-hybridized carbons (Fsp3) is 0.0833. The van der Waals surface area contributed by atoms with Gasteiger partial charge in [-0.3, -0.25) is 9.59 Å². The van der Waals surface area contributed by atoms with E-state index in [-0.39, 0.29) is 17.0 Å². The number of hydrogen-bond donors (Lipinski definition) is 1. The van der Waals surface area contributed by atoms with Crippen LogP contribution in [0.5, 0.6) is 0 Å². The minimum atomic E-state index is -1.15. The normalized spacial score (nSPS) is 13.9. The summed E-state index contributed by atoms with van der Waals surface area (Å²) in [6.45, 7) is 3.90. The van der Waals surface area contributed by atoms with E-state index in [4.69, 9.17) is 11.6 Å². The van der Waals surface area contributed by atoms with Crippen molar-refractivity contribution < 1.29 is 18.4 Å². The number of aryl methyl sites for hydroxylation is 2. The molecule has 0 unspecified atom stereocenters. The van der Waals surface area contributed by atoms with Crippen molar-refractivity contribution in [2.24, 2.45) is 0 Å². The Kier molecular flexibility index (Phi) is 5.33. The van der Waals surface area contributed by atoms with Gasteiger partial charge in [-0.15, -0.1) is 0 Å². The van der Waals surface area contributed by atoms with Gasteiger partial charge in [-0.1, -0.05) is 29.8 Å². The van der Waals surface area contributed by atoms with Gasteiger partial charge < -0.3 is 5.32 Å². The Morgan fingerprint density at radius 1 is 0.806 bits per heavy atom. The Bertz CT molecular complexity index is 1250. The molecule has 0 radical (unpaired) electrons. The molecule has 156 valence electrons. The molecule has 1 aliphatic heterocycles. The maximum absolute atomic E-state index is 13.8. The van der Waals surface area contributed by atoms with E-state index in [0.29, 0.717) is 16.3 Å². The van der Waals surface area contributed by atoms with Crippen LogP contribution in [0.15, 0.2) is 66.4 Å². The Hall–Kier alpha value is -3.51. The molecular weight excluding hydrogens is 422 g/mol. The average Bonchev–Trinajstić information content (AvgIpc) is 2.97. The van der Waals surface area contributed by atoms with Gasteiger partial charge in [0.1, 0.15) is 5.70 Å². The van der Waals surface area contributed by atoms with E-state index in [0.717, 1.165) is 28.2 Å². The predicted molar refractivity (Wildman–Crippen MR) is 117 cm³/mol. The monoisotopic (exact) mass is 438 g/mol. The fourth-order valence-electron chi connectivity index (χ4n) is 3.35. The van der Waals surface area contributed by atoms with Gasteiger partial charge in [0.2, 0.25) is 0 Å². The second kappa shape index (κ2) is 7.96. The van der Waals surface area contributed by atoms with Crippen molar-refractivity contribution in [1.82, 2.24) is 0 Å². The van der Waals surface area contributed by atoms with Crippen LogP contribution in [-0.2, 0) is 9.59 Å². The number of amides is 2. The van der Waals surface area contributed by atoms with Gasteiger partial charge in [-0.2, -0.15) is 0 Å². The first-order valence-corrected chi connectivity index (χ1v) is 9.82. The lowest BCUT2D eigenvalue weighted by molar-refractivity contribution is -0.120. The zero-order valence-corrected chi connectivity index (χ0v) is 17.4. The fourth-order valence-corrected chi connectivity index (χ4v) is 3.48. The number of benzene rings is 3. The van der Waals surface area contributed by atoms with Crippen LogP contribution in [0.3, 0.4) is 0 Å². The van der Waals surface area contributed by atoms with Crippen molar-refractivity contribution in [3.8, 4) is 0 Å². The Balaban J connectivity index is 1.83. The second-order valence-electron chi connectivity index (χ2n) is 7.23. The summed E-state index contributed by atoms with van der Waals surface area (Å²) >= 11 is 5.97. The van der Waals surface area contributed by atoms with Gasteiger partial charge in [-0.25, -0.2) is 13.7 Å². The van der Waals surface area contributed by atoms with E-state index < -0.39 is 23.4 Å². The number of nitrogens with zero attached hydrogens (tertiary/aromatic N) is 1. The number of carbonyl (C=O) groups excluding carboxylic acids is 2. The molecule has 2 amide bonds. The van der Waals surface area contributed by atoms with Crippen molar-refractivity contribution in [3.05, 3.63) is 99.7 Å². The van der Waals surface area contributed by atoms with Gasteiger partial charge >= 0.3 is 0 Å². The van der Waals surface area contributed by atoms with Crippen molar-refractivity contribution in [2.75, 3.05) is 10.2 Å². The van der Waals surface area contributed by atoms with Gasteiger partial charge in [-0.05, 0) is 66.9 Å². The molecule has 4 nitrogen and oxygen atoms in total. The topological polar surface area (TPSA) is 49.4 Å². The third kappa shape index (κ3) is 3.82. The molecule has 3 aromatic carbocycles. The van der Waals surface area contributed by atoms with Gasteiger partial charge in [0.05, 0.1) is 11.3 Å². The number of nitrogens with one attached hydrogen (secondary N) is 1. The maximum atomic E-state index is 13.8. The molecule has 1 N–H and O–H groups in total. The molecule has 3 aromatic rings. The highest BCUT2D eigenvalue weighted by molar-refractivity contribution is 6.46. The van der Waals surface area contributed by atoms with E-state index >= 15 is 0 Å². The Morgan fingerprint density at radius 3 is 2.16 bits per heavy atom. The van der Waals surface area contributed by atoms with Crippen LogP contribution < -0.4 is 10.2 Å². The number of rotatable bonds is 4. The third-order valence-electron chi connectivity index (χ3n) is 5.15. The number of hydrogen-bond acceptors (Lipinski definition) is 3. The van der Waals surface area contributed by atoms with Gasteiger partial charge in [0, 0.05) is 16.8 Å². The molecule has 0 aromatic heterocycles. The minimum absolute atomic E-state index is 0.0420. The van der Waals surface area contributed by atoms with Crippen LogP contribution in [-0.4, -0.2) is 11.8 Å². The zero-order valence-electron chi connectivity index (χ0n) is 16.7. The lowest BCUT2D eigenvalue weighted by Gasteiger charge is -2.16. The molecule has 1 heterocycles. The first-order valence-electron chi connectivity index (χ1n) is 9.44. The van der Waals surface area contributed by atoms with Crippen LogP contribution in [0.2, 0.25) is 5.02 Å². The molecule has 0 spiro atoms.